The van der Waals surface area contributed by atoms with E-state index in [9.17, 15) is 13.2 Å². The standard InChI is InChI=1S/C18H25NO3S/c1-13-7-8-16(23(2,21)22)11-17(13)18(20)19-10-9-14-5-3-4-6-15(14)12-19/h7-8,11,14-15H,3-6,9-10,12H2,1-2H3/t14-,15-/m0/s1. The predicted octanol–water partition coefficient (Wildman–Crippen LogP) is 3.05. The number of fused-ring (bicyclic) bond motifs is 1. The first kappa shape index (κ1) is 16.5. The van der Waals surface area contributed by atoms with Crippen LogP contribution in [0.3, 0.4) is 0 Å². The van der Waals surface area contributed by atoms with E-state index in [0.29, 0.717) is 11.5 Å². The minimum Gasteiger partial charge on any atom is -0.338 e. The molecule has 5 heteroatoms. The molecule has 0 aromatic heterocycles. The Morgan fingerprint density at radius 3 is 2.52 bits per heavy atom. The van der Waals surface area contributed by atoms with Crippen molar-refractivity contribution in [3.05, 3.63) is 29.3 Å². The van der Waals surface area contributed by atoms with Crippen LogP contribution >= 0.6 is 0 Å². The van der Waals surface area contributed by atoms with Crippen molar-refractivity contribution in [2.24, 2.45) is 11.8 Å². The fraction of sp³-hybridized carbons (Fsp3) is 0.611. The third-order valence-electron chi connectivity index (χ3n) is 5.45. The minimum absolute atomic E-state index is 0.0166. The SMILES string of the molecule is Cc1ccc(S(C)(=O)=O)cc1C(=O)N1CC[C@@H]2CCCC[C@H]2C1. The van der Waals surface area contributed by atoms with Gasteiger partial charge in [0.2, 0.25) is 0 Å². The lowest BCUT2D eigenvalue weighted by molar-refractivity contribution is 0.0520. The average Bonchev–Trinajstić information content (AvgIpc) is 2.53. The highest BCUT2D eigenvalue weighted by atomic mass is 32.2. The largest absolute Gasteiger partial charge is 0.338 e. The summed E-state index contributed by atoms with van der Waals surface area (Å²) in [4.78, 5) is 15.1. The quantitative estimate of drug-likeness (QED) is 0.835. The summed E-state index contributed by atoms with van der Waals surface area (Å²) >= 11 is 0. The van der Waals surface area contributed by atoms with Gasteiger partial charge in [0.05, 0.1) is 4.90 Å². The maximum atomic E-state index is 12.9. The number of amides is 1. The van der Waals surface area contributed by atoms with E-state index in [1.165, 1.54) is 31.9 Å². The summed E-state index contributed by atoms with van der Waals surface area (Å²) in [6.07, 6.45) is 7.38. The molecule has 2 fully saturated rings. The van der Waals surface area contributed by atoms with Crippen LogP contribution in [0.5, 0.6) is 0 Å². The molecule has 0 unspecified atom stereocenters. The number of aryl methyl sites for hydroxylation is 1. The van der Waals surface area contributed by atoms with Crippen LogP contribution in [0, 0.1) is 18.8 Å². The van der Waals surface area contributed by atoms with E-state index >= 15 is 0 Å². The lowest BCUT2D eigenvalue weighted by atomic mass is 9.75. The van der Waals surface area contributed by atoms with Gasteiger partial charge >= 0.3 is 0 Å². The van der Waals surface area contributed by atoms with Gasteiger partial charge in [-0.05, 0) is 49.3 Å². The molecule has 0 radical (unpaired) electrons. The summed E-state index contributed by atoms with van der Waals surface area (Å²) in [5, 5.41) is 0. The van der Waals surface area contributed by atoms with Gasteiger partial charge in [-0.2, -0.15) is 0 Å². The molecule has 1 amide bonds. The number of nitrogens with zero attached hydrogens (tertiary/aromatic N) is 1. The molecule has 0 N–H and O–H groups in total. The van der Waals surface area contributed by atoms with E-state index in [1.54, 1.807) is 18.2 Å². The first-order chi connectivity index (χ1) is 10.9. The third kappa shape index (κ3) is 3.44. The summed E-state index contributed by atoms with van der Waals surface area (Å²) < 4.78 is 23.5. The van der Waals surface area contributed by atoms with Crippen LogP contribution < -0.4 is 0 Å². The van der Waals surface area contributed by atoms with Crippen LogP contribution in [-0.2, 0) is 9.84 Å². The number of piperidine rings is 1. The van der Waals surface area contributed by atoms with Crippen LogP contribution in [0.25, 0.3) is 0 Å². The molecule has 0 bridgehead atoms. The molecule has 2 aliphatic rings. The zero-order chi connectivity index (χ0) is 16.6. The van der Waals surface area contributed by atoms with Gasteiger partial charge in [0.1, 0.15) is 0 Å². The van der Waals surface area contributed by atoms with Crippen LogP contribution in [0.1, 0.15) is 48.0 Å². The summed E-state index contributed by atoms with van der Waals surface area (Å²) in [5.41, 5.74) is 1.37. The van der Waals surface area contributed by atoms with Gasteiger partial charge in [-0.3, -0.25) is 4.79 Å². The molecule has 0 spiro atoms. The fourth-order valence-electron chi connectivity index (χ4n) is 4.02. The van der Waals surface area contributed by atoms with Gasteiger partial charge in [-0.1, -0.05) is 25.3 Å². The number of likely N-dealkylation sites (tertiary alicyclic amines) is 1. The lowest BCUT2D eigenvalue weighted by Gasteiger charge is -2.41. The van der Waals surface area contributed by atoms with Crippen molar-refractivity contribution < 1.29 is 13.2 Å². The summed E-state index contributed by atoms with van der Waals surface area (Å²) in [6, 6.07) is 4.85. The number of carbonyl (C=O) groups is 1. The van der Waals surface area contributed by atoms with E-state index in [2.05, 4.69) is 0 Å². The molecule has 1 aliphatic carbocycles. The van der Waals surface area contributed by atoms with Crippen molar-refractivity contribution in [1.29, 1.82) is 0 Å². The number of hydrogen-bond donors (Lipinski definition) is 0. The first-order valence-corrected chi connectivity index (χ1v) is 10.4. The molecule has 1 heterocycles. The predicted molar refractivity (Wildman–Crippen MR) is 90.3 cm³/mol. The molecule has 2 atom stereocenters. The second-order valence-electron chi connectivity index (χ2n) is 7.09. The maximum absolute atomic E-state index is 12.9. The van der Waals surface area contributed by atoms with Crippen molar-refractivity contribution in [1.82, 2.24) is 4.90 Å². The Hall–Kier alpha value is -1.36. The van der Waals surface area contributed by atoms with Crippen molar-refractivity contribution in [3.63, 3.8) is 0 Å². The van der Waals surface area contributed by atoms with Crippen LogP contribution in [0.15, 0.2) is 23.1 Å². The van der Waals surface area contributed by atoms with Gasteiger partial charge < -0.3 is 4.90 Å². The highest BCUT2D eigenvalue weighted by molar-refractivity contribution is 7.90. The summed E-state index contributed by atoms with van der Waals surface area (Å²) in [7, 11) is -3.30. The summed E-state index contributed by atoms with van der Waals surface area (Å²) in [5.74, 6) is 1.38. The van der Waals surface area contributed by atoms with Crippen LogP contribution in [0.4, 0.5) is 0 Å². The van der Waals surface area contributed by atoms with Crippen LogP contribution in [-0.4, -0.2) is 38.6 Å². The third-order valence-corrected chi connectivity index (χ3v) is 6.56. The monoisotopic (exact) mass is 335 g/mol. The molecule has 23 heavy (non-hydrogen) atoms. The van der Waals surface area contributed by atoms with Gasteiger partial charge in [-0.15, -0.1) is 0 Å². The molecular formula is C18H25NO3S. The normalized spacial score (nSPS) is 25.0. The van der Waals surface area contributed by atoms with Crippen LogP contribution in [0.2, 0.25) is 0 Å². The fourth-order valence-corrected chi connectivity index (χ4v) is 4.67. The number of sulfone groups is 1. The van der Waals surface area contributed by atoms with Gasteiger partial charge in [0.25, 0.3) is 5.91 Å². The molecule has 1 saturated carbocycles. The zero-order valence-electron chi connectivity index (χ0n) is 13.9. The van der Waals surface area contributed by atoms with Crippen molar-refractivity contribution in [2.45, 2.75) is 43.9 Å². The minimum atomic E-state index is -3.30. The van der Waals surface area contributed by atoms with E-state index < -0.39 is 9.84 Å². The second kappa shape index (κ2) is 6.27. The Kier molecular flexibility index (Phi) is 4.50. The number of carbonyl (C=O) groups excluding carboxylic acids is 1. The number of rotatable bonds is 2. The second-order valence-corrected chi connectivity index (χ2v) is 9.11. The Labute approximate surface area is 138 Å². The zero-order valence-corrected chi connectivity index (χ0v) is 14.7. The Balaban J connectivity index is 1.83. The topological polar surface area (TPSA) is 54.5 Å². The molecule has 1 saturated heterocycles. The van der Waals surface area contributed by atoms with E-state index in [-0.39, 0.29) is 10.8 Å². The number of hydrogen-bond acceptors (Lipinski definition) is 3. The molecular weight excluding hydrogens is 310 g/mol. The molecule has 3 rings (SSSR count). The molecule has 1 aromatic rings. The molecule has 126 valence electrons. The van der Waals surface area contributed by atoms with Gasteiger partial charge in [-0.25, -0.2) is 8.42 Å². The maximum Gasteiger partial charge on any atom is 0.254 e. The molecule has 1 aliphatic heterocycles. The first-order valence-electron chi connectivity index (χ1n) is 8.46. The molecule has 1 aromatic carbocycles. The average molecular weight is 335 g/mol. The Morgan fingerprint density at radius 1 is 1.13 bits per heavy atom. The smallest absolute Gasteiger partial charge is 0.254 e. The van der Waals surface area contributed by atoms with Crippen molar-refractivity contribution in [3.8, 4) is 0 Å². The number of benzene rings is 1. The molecule has 4 nitrogen and oxygen atoms in total. The van der Waals surface area contributed by atoms with Gasteiger partial charge in [0.15, 0.2) is 9.84 Å². The van der Waals surface area contributed by atoms with E-state index in [1.807, 2.05) is 11.8 Å². The lowest BCUT2D eigenvalue weighted by Crippen LogP contribution is -2.45. The highest BCUT2D eigenvalue weighted by Crippen LogP contribution is 2.36. The summed E-state index contributed by atoms with van der Waals surface area (Å²) in [6.45, 7) is 3.49. The van der Waals surface area contributed by atoms with E-state index in [0.717, 1.165) is 31.0 Å². The Bertz CT molecular complexity index is 711. The van der Waals surface area contributed by atoms with Crippen molar-refractivity contribution >= 4 is 15.7 Å². The van der Waals surface area contributed by atoms with Gasteiger partial charge in [0, 0.05) is 24.9 Å². The Morgan fingerprint density at radius 2 is 1.83 bits per heavy atom. The van der Waals surface area contributed by atoms with E-state index in [4.69, 9.17) is 0 Å². The van der Waals surface area contributed by atoms with Crippen molar-refractivity contribution in [2.75, 3.05) is 19.3 Å². The highest BCUT2D eigenvalue weighted by Gasteiger charge is 2.33.